The molecule has 0 radical (unpaired) electrons. The molecule has 1 aromatic carbocycles. The smallest absolute Gasteiger partial charge is 0.329 e. The molecule has 27 heavy (non-hydrogen) atoms. The molecule has 0 aliphatic carbocycles. The second kappa shape index (κ2) is 9.27. The van der Waals surface area contributed by atoms with Gasteiger partial charge in [-0.15, -0.1) is 11.3 Å². The molecular formula is C19H21FN2O4S. The second-order valence-corrected chi connectivity index (χ2v) is 7.20. The first-order valence-electron chi connectivity index (χ1n) is 8.39. The van der Waals surface area contributed by atoms with Crippen LogP contribution in [0.1, 0.15) is 30.4 Å². The van der Waals surface area contributed by atoms with Gasteiger partial charge in [0.2, 0.25) is 0 Å². The molecule has 0 spiro atoms. The number of benzene rings is 1. The molecule has 2 atom stereocenters. The van der Waals surface area contributed by atoms with E-state index in [-0.39, 0.29) is 11.8 Å². The molecule has 2 amide bonds. The molecule has 0 saturated carbocycles. The van der Waals surface area contributed by atoms with Crippen LogP contribution < -0.4 is 10.6 Å². The molecule has 0 fully saturated rings. The van der Waals surface area contributed by atoms with Gasteiger partial charge < -0.3 is 15.4 Å². The number of carbonyl (C=O) groups is 3. The number of hydrogen-bond donors (Lipinski definition) is 2. The molecule has 2 aromatic rings. The second-order valence-electron chi connectivity index (χ2n) is 6.25. The molecule has 2 rings (SSSR count). The van der Waals surface area contributed by atoms with E-state index in [2.05, 4.69) is 10.6 Å². The summed E-state index contributed by atoms with van der Waals surface area (Å²) >= 11 is 1.26. The summed E-state index contributed by atoms with van der Waals surface area (Å²) in [5.74, 6) is -2.27. The molecule has 0 bridgehead atoms. The fourth-order valence-corrected chi connectivity index (χ4v) is 2.82. The Balaban J connectivity index is 1.95. The molecule has 1 heterocycles. The van der Waals surface area contributed by atoms with E-state index in [0.29, 0.717) is 10.6 Å². The van der Waals surface area contributed by atoms with Gasteiger partial charge in [0.05, 0.1) is 4.88 Å². The molecule has 0 unspecified atom stereocenters. The van der Waals surface area contributed by atoms with Crippen LogP contribution in [-0.4, -0.2) is 29.9 Å². The molecule has 0 saturated heterocycles. The van der Waals surface area contributed by atoms with E-state index in [0.717, 1.165) is 0 Å². The molecular weight excluding hydrogens is 371 g/mol. The van der Waals surface area contributed by atoms with Crippen LogP contribution in [-0.2, 0) is 14.3 Å². The zero-order chi connectivity index (χ0) is 20.0. The lowest BCUT2D eigenvalue weighted by Crippen LogP contribution is -2.47. The van der Waals surface area contributed by atoms with Crippen LogP contribution in [0.3, 0.4) is 0 Å². The average molecular weight is 392 g/mol. The largest absolute Gasteiger partial charge is 0.451 e. The normalized spacial score (nSPS) is 12.9. The highest BCUT2D eigenvalue weighted by Gasteiger charge is 2.29. The lowest BCUT2D eigenvalue weighted by molar-refractivity contribution is -0.156. The van der Waals surface area contributed by atoms with Crippen molar-refractivity contribution < 1.29 is 23.5 Å². The average Bonchev–Trinajstić information content (AvgIpc) is 3.15. The van der Waals surface area contributed by atoms with Crippen LogP contribution in [0.4, 0.5) is 10.1 Å². The van der Waals surface area contributed by atoms with E-state index < -0.39 is 29.8 Å². The van der Waals surface area contributed by atoms with Crippen molar-refractivity contribution in [1.29, 1.82) is 0 Å². The number of carbonyl (C=O) groups excluding carboxylic acids is 3. The van der Waals surface area contributed by atoms with Crippen LogP contribution in [0.15, 0.2) is 41.8 Å². The minimum Gasteiger partial charge on any atom is -0.451 e. The maximum Gasteiger partial charge on any atom is 0.329 e. The topological polar surface area (TPSA) is 84.5 Å². The Morgan fingerprint density at radius 3 is 2.30 bits per heavy atom. The van der Waals surface area contributed by atoms with E-state index >= 15 is 0 Å². The van der Waals surface area contributed by atoms with Crippen molar-refractivity contribution in [3.8, 4) is 0 Å². The Bertz CT molecular complexity index is 791. The maximum atomic E-state index is 12.9. The van der Waals surface area contributed by atoms with Crippen LogP contribution in [0.2, 0.25) is 0 Å². The summed E-state index contributed by atoms with van der Waals surface area (Å²) in [6, 6.07) is 7.73. The highest BCUT2D eigenvalue weighted by molar-refractivity contribution is 7.12. The van der Waals surface area contributed by atoms with Crippen LogP contribution >= 0.6 is 11.3 Å². The summed E-state index contributed by atoms with van der Waals surface area (Å²) in [7, 11) is 0. The number of anilines is 1. The van der Waals surface area contributed by atoms with Crippen molar-refractivity contribution in [2.75, 3.05) is 5.32 Å². The summed E-state index contributed by atoms with van der Waals surface area (Å²) in [6.45, 7) is 4.96. The van der Waals surface area contributed by atoms with Crippen molar-refractivity contribution in [3.05, 3.63) is 52.5 Å². The number of thiophene rings is 1. The van der Waals surface area contributed by atoms with Crippen molar-refractivity contribution in [1.82, 2.24) is 5.32 Å². The van der Waals surface area contributed by atoms with Gasteiger partial charge in [0.15, 0.2) is 6.10 Å². The Hall–Kier alpha value is -2.74. The Morgan fingerprint density at radius 1 is 1.07 bits per heavy atom. The van der Waals surface area contributed by atoms with Crippen molar-refractivity contribution in [2.24, 2.45) is 5.92 Å². The van der Waals surface area contributed by atoms with Gasteiger partial charge in [-0.25, -0.2) is 9.18 Å². The van der Waals surface area contributed by atoms with Gasteiger partial charge >= 0.3 is 5.97 Å². The quantitative estimate of drug-likeness (QED) is 0.709. The third-order valence-corrected chi connectivity index (χ3v) is 4.59. The molecule has 2 N–H and O–H groups in total. The third kappa shape index (κ3) is 5.89. The fraction of sp³-hybridized carbons (Fsp3) is 0.316. The molecule has 6 nitrogen and oxygen atoms in total. The first-order chi connectivity index (χ1) is 12.8. The van der Waals surface area contributed by atoms with E-state index in [1.807, 2.05) is 0 Å². The first-order valence-corrected chi connectivity index (χ1v) is 9.27. The summed E-state index contributed by atoms with van der Waals surface area (Å²) in [5.41, 5.74) is 0.385. The van der Waals surface area contributed by atoms with Gasteiger partial charge in [-0.2, -0.15) is 0 Å². The maximum absolute atomic E-state index is 12.9. The van der Waals surface area contributed by atoms with Gasteiger partial charge in [0.25, 0.3) is 11.8 Å². The Morgan fingerprint density at radius 2 is 1.74 bits per heavy atom. The lowest BCUT2D eigenvalue weighted by atomic mass is 10.0. The monoisotopic (exact) mass is 392 g/mol. The summed E-state index contributed by atoms with van der Waals surface area (Å²) in [4.78, 5) is 37.3. The number of hydrogen-bond acceptors (Lipinski definition) is 5. The predicted octanol–water partition coefficient (Wildman–Crippen LogP) is 3.21. The van der Waals surface area contributed by atoms with Crippen molar-refractivity contribution in [2.45, 2.75) is 32.9 Å². The number of amides is 2. The van der Waals surface area contributed by atoms with Crippen LogP contribution in [0.5, 0.6) is 0 Å². The van der Waals surface area contributed by atoms with Crippen LogP contribution in [0.25, 0.3) is 0 Å². The van der Waals surface area contributed by atoms with Gasteiger partial charge in [0, 0.05) is 5.69 Å². The molecule has 0 aliphatic rings. The number of nitrogens with one attached hydrogen (secondary N) is 2. The number of ether oxygens (including phenoxy) is 1. The lowest BCUT2D eigenvalue weighted by Gasteiger charge is -2.22. The van der Waals surface area contributed by atoms with Gasteiger partial charge in [0.1, 0.15) is 11.9 Å². The van der Waals surface area contributed by atoms with Crippen LogP contribution in [0, 0.1) is 11.7 Å². The predicted molar refractivity (Wildman–Crippen MR) is 101 cm³/mol. The number of esters is 1. The third-order valence-electron chi connectivity index (χ3n) is 3.73. The van der Waals surface area contributed by atoms with E-state index in [1.165, 1.54) is 42.5 Å². The van der Waals surface area contributed by atoms with Gasteiger partial charge in [-0.1, -0.05) is 19.9 Å². The first kappa shape index (κ1) is 20.6. The summed E-state index contributed by atoms with van der Waals surface area (Å²) < 4.78 is 18.1. The standard InChI is InChI=1S/C19H21FN2O4S/c1-11(2)16(22-18(24)15-5-4-10-27-15)19(25)26-12(3)17(23)21-14-8-6-13(20)7-9-14/h4-12,16H,1-3H3,(H,21,23)(H,22,24)/t12-,16+/m0/s1. The Kier molecular flexibility index (Phi) is 7.06. The fourth-order valence-electron chi connectivity index (χ4n) is 2.20. The van der Waals surface area contributed by atoms with E-state index in [4.69, 9.17) is 4.74 Å². The SMILES string of the molecule is CC(C)[C@@H](NC(=O)c1cccs1)C(=O)O[C@@H](C)C(=O)Nc1ccc(F)cc1. The minimum absolute atomic E-state index is 0.228. The zero-order valence-corrected chi connectivity index (χ0v) is 16.0. The van der Waals surface area contributed by atoms with E-state index in [9.17, 15) is 18.8 Å². The summed E-state index contributed by atoms with van der Waals surface area (Å²) in [6.07, 6.45) is -1.08. The van der Waals surface area contributed by atoms with Gasteiger partial charge in [-0.05, 0) is 48.6 Å². The van der Waals surface area contributed by atoms with E-state index in [1.54, 1.807) is 31.4 Å². The minimum atomic E-state index is -1.08. The van der Waals surface area contributed by atoms with Crippen molar-refractivity contribution in [3.63, 3.8) is 0 Å². The summed E-state index contributed by atoms with van der Waals surface area (Å²) in [5, 5.41) is 6.94. The zero-order valence-electron chi connectivity index (χ0n) is 15.2. The molecule has 8 heteroatoms. The molecule has 1 aromatic heterocycles. The molecule has 0 aliphatic heterocycles. The molecule has 144 valence electrons. The van der Waals surface area contributed by atoms with Gasteiger partial charge in [-0.3, -0.25) is 9.59 Å². The highest BCUT2D eigenvalue weighted by atomic mass is 32.1. The Labute approximate surface area is 160 Å². The van der Waals surface area contributed by atoms with Crippen molar-refractivity contribution >= 4 is 34.8 Å². The number of halogens is 1. The highest BCUT2D eigenvalue weighted by Crippen LogP contribution is 2.13. The number of rotatable bonds is 7.